The van der Waals surface area contributed by atoms with Crippen molar-refractivity contribution >= 4 is 28.2 Å². The van der Waals surface area contributed by atoms with Crippen LogP contribution in [0.2, 0.25) is 0 Å². The zero-order chi connectivity index (χ0) is 16.0. The highest BCUT2D eigenvalue weighted by molar-refractivity contribution is 8.23. The van der Waals surface area contributed by atoms with Crippen molar-refractivity contribution in [3.8, 4) is 6.07 Å². The van der Waals surface area contributed by atoms with E-state index in [1.54, 1.807) is 11.8 Å². The summed E-state index contributed by atoms with van der Waals surface area (Å²) in [6.07, 6.45) is 0.769. The molecule has 2 aromatic rings. The van der Waals surface area contributed by atoms with Crippen LogP contribution in [0.5, 0.6) is 0 Å². The molecule has 3 heteroatoms. The molecule has 0 saturated carbocycles. The van der Waals surface area contributed by atoms with Gasteiger partial charge in [-0.05, 0) is 31.4 Å². The van der Waals surface area contributed by atoms with Crippen molar-refractivity contribution < 1.29 is 0 Å². The number of hydrogen-bond acceptors (Lipinski definition) is 3. The molecule has 2 aromatic carbocycles. The normalized spacial score (nSPS) is 12.4. The van der Waals surface area contributed by atoms with Gasteiger partial charge in [0.2, 0.25) is 0 Å². The molecule has 0 spiro atoms. The second-order valence-corrected chi connectivity index (χ2v) is 7.75. The monoisotopic (exact) mass is 325 g/mol. The first-order valence-electron chi connectivity index (χ1n) is 7.24. The molecule has 1 nitrogen and oxygen atoms in total. The van der Waals surface area contributed by atoms with Crippen molar-refractivity contribution in [2.75, 3.05) is 0 Å². The van der Waals surface area contributed by atoms with E-state index < -0.39 is 0 Å². The van der Waals surface area contributed by atoms with Crippen LogP contribution in [0.4, 0.5) is 0 Å². The van der Waals surface area contributed by atoms with Gasteiger partial charge >= 0.3 is 0 Å². The van der Waals surface area contributed by atoms with Crippen molar-refractivity contribution in [3.63, 3.8) is 0 Å². The number of nitriles is 1. The average Bonchev–Trinajstić information content (AvgIpc) is 2.55. The van der Waals surface area contributed by atoms with Gasteiger partial charge in [0.25, 0.3) is 0 Å². The summed E-state index contributed by atoms with van der Waals surface area (Å²) in [5.41, 5.74) is 1.91. The topological polar surface area (TPSA) is 23.8 Å². The number of rotatable bonds is 5. The molecule has 0 aliphatic carbocycles. The Bertz CT molecular complexity index is 657. The van der Waals surface area contributed by atoms with Gasteiger partial charge in [-0.3, -0.25) is 0 Å². The summed E-state index contributed by atoms with van der Waals surface area (Å²) in [6.45, 7) is 3.96. The number of thioether (sulfide) groups is 1. The Morgan fingerprint density at radius 1 is 1.09 bits per heavy atom. The van der Waals surface area contributed by atoms with Crippen LogP contribution in [0, 0.1) is 16.7 Å². The Labute approximate surface area is 142 Å². The third-order valence-corrected chi connectivity index (χ3v) is 5.13. The highest BCUT2D eigenvalue weighted by atomic mass is 32.2. The van der Waals surface area contributed by atoms with E-state index in [1.807, 2.05) is 62.4 Å². The lowest BCUT2D eigenvalue weighted by atomic mass is 9.87. The smallest absolute Gasteiger partial charge is 0.0784 e. The SMILES string of the molecule is CC(C)(C#N)CC(SC(=S)c1ccccc1)c1ccccc1. The summed E-state index contributed by atoms with van der Waals surface area (Å²) in [4.78, 5) is 0. The maximum atomic E-state index is 9.35. The predicted octanol–water partition coefficient (Wildman–Crippen LogP) is 5.78. The molecule has 22 heavy (non-hydrogen) atoms. The van der Waals surface area contributed by atoms with E-state index in [0.717, 1.165) is 16.2 Å². The minimum Gasteiger partial charge on any atom is -0.198 e. The molecule has 112 valence electrons. The minimum absolute atomic E-state index is 0.184. The predicted molar refractivity (Wildman–Crippen MR) is 98.9 cm³/mol. The zero-order valence-electron chi connectivity index (χ0n) is 12.8. The largest absolute Gasteiger partial charge is 0.198 e. The Balaban J connectivity index is 2.22. The van der Waals surface area contributed by atoms with Crippen molar-refractivity contribution in [1.82, 2.24) is 0 Å². The second kappa shape index (κ2) is 7.58. The molecule has 0 heterocycles. The van der Waals surface area contributed by atoms with Crippen LogP contribution in [-0.4, -0.2) is 4.20 Å². The van der Waals surface area contributed by atoms with Gasteiger partial charge in [0.05, 0.1) is 15.7 Å². The Morgan fingerprint density at radius 2 is 1.64 bits per heavy atom. The molecule has 2 rings (SSSR count). The molecular weight excluding hydrogens is 306 g/mol. The fourth-order valence-corrected chi connectivity index (χ4v) is 3.98. The van der Waals surface area contributed by atoms with Crippen LogP contribution in [0.25, 0.3) is 0 Å². The number of hydrogen-bond donors (Lipinski definition) is 0. The lowest BCUT2D eigenvalue weighted by Crippen LogP contribution is -2.13. The van der Waals surface area contributed by atoms with E-state index in [2.05, 4.69) is 18.2 Å². The van der Waals surface area contributed by atoms with Gasteiger partial charge < -0.3 is 0 Å². The highest BCUT2D eigenvalue weighted by Crippen LogP contribution is 2.40. The first-order chi connectivity index (χ1) is 10.5. The molecule has 0 amide bonds. The molecule has 0 aliphatic heterocycles. The quantitative estimate of drug-likeness (QED) is 0.651. The van der Waals surface area contributed by atoms with E-state index in [-0.39, 0.29) is 10.7 Å². The molecule has 1 unspecified atom stereocenters. The van der Waals surface area contributed by atoms with Crippen LogP contribution in [-0.2, 0) is 0 Å². The second-order valence-electron chi connectivity index (χ2n) is 5.87. The summed E-state index contributed by atoms with van der Waals surface area (Å²) in [6, 6.07) is 22.8. The van der Waals surface area contributed by atoms with Gasteiger partial charge in [-0.2, -0.15) is 5.26 Å². The standard InChI is InChI=1S/C19H19NS2/c1-19(2,14-20)13-17(15-9-5-3-6-10-15)22-18(21)16-11-7-4-8-12-16/h3-12,17H,13H2,1-2H3. The van der Waals surface area contributed by atoms with Crippen molar-refractivity contribution in [2.45, 2.75) is 25.5 Å². The molecule has 0 aromatic heterocycles. The van der Waals surface area contributed by atoms with Gasteiger partial charge in [-0.25, -0.2) is 0 Å². The Hall–Kier alpha value is -1.63. The molecule has 0 radical (unpaired) electrons. The molecular formula is C19H19NS2. The first kappa shape index (κ1) is 16.7. The van der Waals surface area contributed by atoms with Gasteiger partial charge in [0.15, 0.2) is 0 Å². The molecule has 0 bridgehead atoms. The summed E-state index contributed by atoms with van der Waals surface area (Å²) < 4.78 is 0.878. The molecule has 1 atom stereocenters. The third kappa shape index (κ3) is 4.69. The van der Waals surface area contributed by atoms with Crippen LogP contribution in [0.1, 0.15) is 36.6 Å². The lowest BCUT2D eigenvalue weighted by Gasteiger charge is -2.24. The van der Waals surface area contributed by atoms with Crippen molar-refractivity contribution in [3.05, 3.63) is 71.8 Å². The number of benzene rings is 2. The zero-order valence-corrected chi connectivity index (χ0v) is 14.5. The van der Waals surface area contributed by atoms with E-state index in [9.17, 15) is 5.26 Å². The minimum atomic E-state index is -0.375. The van der Waals surface area contributed by atoms with Crippen molar-refractivity contribution in [1.29, 1.82) is 5.26 Å². The molecule has 0 aliphatic rings. The number of nitrogens with zero attached hydrogens (tertiary/aromatic N) is 1. The van der Waals surface area contributed by atoms with Crippen LogP contribution in [0.3, 0.4) is 0 Å². The van der Waals surface area contributed by atoms with E-state index >= 15 is 0 Å². The Morgan fingerprint density at radius 3 is 2.18 bits per heavy atom. The third-order valence-electron chi connectivity index (χ3n) is 3.43. The van der Waals surface area contributed by atoms with Crippen LogP contribution < -0.4 is 0 Å². The number of thiocarbonyl (C=S) groups is 1. The van der Waals surface area contributed by atoms with Crippen LogP contribution >= 0.6 is 24.0 Å². The van der Waals surface area contributed by atoms with Gasteiger partial charge in [0, 0.05) is 5.25 Å². The molecule has 0 fully saturated rings. The Kier molecular flexibility index (Phi) is 5.76. The maximum Gasteiger partial charge on any atom is 0.0784 e. The van der Waals surface area contributed by atoms with E-state index in [0.29, 0.717) is 0 Å². The van der Waals surface area contributed by atoms with Gasteiger partial charge in [-0.15, -0.1) is 11.8 Å². The lowest BCUT2D eigenvalue weighted by molar-refractivity contribution is 0.448. The summed E-state index contributed by atoms with van der Waals surface area (Å²) in [5, 5.41) is 9.53. The summed E-state index contributed by atoms with van der Waals surface area (Å²) >= 11 is 7.28. The fraction of sp³-hybridized carbons (Fsp3) is 0.263. The fourth-order valence-electron chi connectivity index (χ4n) is 2.18. The van der Waals surface area contributed by atoms with E-state index in [4.69, 9.17) is 12.2 Å². The molecule has 0 saturated heterocycles. The maximum absolute atomic E-state index is 9.35. The van der Waals surface area contributed by atoms with Crippen molar-refractivity contribution in [2.24, 2.45) is 5.41 Å². The van der Waals surface area contributed by atoms with Crippen LogP contribution in [0.15, 0.2) is 60.7 Å². The summed E-state index contributed by atoms with van der Waals surface area (Å²) in [7, 11) is 0. The van der Waals surface area contributed by atoms with E-state index in [1.165, 1.54) is 5.56 Å². The highest BCUT2D eigenvalue weighted by Gasteiger charge is 2.25. The molecule has 0 N–H and O–H groups in total. The van der Waals surface area contributed by atoms with Gasteiger partial charge in [-0.1, -0.05) is 72.9 Å². The van der Waals surface area contributed by atoms with Gasteiger partial charge in [0.1, 0.15) is 0 Å². The average molecular weight is 326 g/mol. The first-order valence-corrected chi connectivity index (χ1v) is 8.53. The summed E-state index contributed by atoms with van der Waals surface area (Å²) in [5.74, 6) is 0.